The van der Waals surface area contributed by atoms with Crippen LogP contribution >= 0.6 is 0 Å². The molecule has 2 rings (SSSR count). The first-order valence-corrected chi connectivity index (χ1v) is 10.8. The van der Waals surface area contributed by atoms with Crippen LogP contribution in [0.3, 0.4) is 0 Å². The highest BCUT2D eigenvalue weighted by atomic mass is 16.6. The fourth-order valence-corrected chi connectivity index (χ4v) is 3.55. The van der Waals surface area contributed by atoms with Gasteiger partial charge in [0.2, 0.25) is 0 Å². The maximum Gasteiger partial charge on any atom is 0.269 e. The Balaban J connectivity index is 2.18. The van der Waals surface area contributed by atoms with E-state index in [1.54, 1.807) is 7.11 Å². The summed E-state index contributed by atoms with van der Waals surface area (Å²) in [7, 11) is 1.62. The Morgan fingerprint density at radius 3 is 2.19 bits per heavy atom. The summed E-state index contributed by atoms with van der Waals surface area (Å²) in [4.78, 5) is 28.0. The van der Waals surface area contributed by atoms with Crippen molar-refractivity contribution in [2.24, 2.45) is 0 Å². The Bertz CT molecular complexity index is 833. The maximum atomic E-state index is 13.3. The summed E-state index contributed by atoms with van der Waals surface area (Å²) in [6.45, 7) is 9.87. The number of non-ortho nitro benzene ring substituents is 1. The number of benzene rings is 2. The number of hydrogen-bond donors (Lipinski definition) is 0. The maximum absolute atomic E-state index is 13.3. The molecule has 0 radical (unpaired) electrons. The van der Waals surface area contributed by atoms with E-state index < -0.39 is 4.92 Å². The Kier molecular flexibility index (Phi) is 9.46. The van der Waals surface area contributed by atoms with Gasteiger partial charge >= 0.3 is 0 Å². The predicted molar refractivity (Wildman–Crippen MR) is 122 cm³/mol. The zero-order valence-electron chi connectivity index (χ0n) is 18.9. The summed E-state index contributed by atoms with van der Waals surface area (Å²) in [6.07, 6.45) is 1.88. The SMILES string of the molecule is CCN(CC)CCC[C@@H](C)N(Cc1ccc(OC)cc1)C(=O)c1ccc([N+](=O)[O-])cc1. The molecule has 0 aliphatic carbocycles. The van der Waals surface area contributed by atoms with Crippen LogP contribution in [0.25, 0.3) is 0 Å². The van der Waals surface area contributed by atoms with Gasteiger partial charge in [-0.1, -0.05) is 26.0 Å². The third-order valence-corrected chi connectivity index (χ3v) is 5.62. The highest BCUT2D eigenvalue weighted by Gasteiger charge is 2.22. The number of nitro groups is 1. The quantitative estimate of drug-likeness (QED) is 0.361. The Labute approximate surface area is 184 Å². The van der Waals surface area contributed by atoms with Crippen molar-refractivity contribution in [1.29, 1.82) is 0 Å². The number of carbonyl (C=O) groups excluding carboxylic acids is 1. The van der Waals surface area contributed by atoms with Crippen molar-refractivity contribution in [3.63, 3.8) is 0 Å². The van der Waals surface area contributed by atoms with Crippen LogP contribution in [0, 0.1) is 10.1 Å². The van der Waals surface area contributed by atoms with Gasteiger partial charge in [0, 0.05) is 30.3 Å². The summed E-state index contributed by atoms with van der Waals surface area (Å²) in [6, 6.07) is 13.5. The number of amides is 1. The van der Waals surface area contributed by atoms with Crippen LogP contribution in [-0.4, -0.2) is 53.4 Å². The van der Waals surface area contributed by atoms with E-state index in [1.165, 1.54) is 24.3 Å². The average molecular weight is 428 g/mol. The number of carbonyl (C=O) groups is 1. The van der Waals surface area contributed by atoms with Gasteiger partial charge in [-0.25, -0.2) is 0 Å². The topological polar surface area (TPSA) is 75.9 Å². The van der Waals surface area contributed by atoms with Gasteiger partial charge in [-0.3, -0.25) is 14.9 Å². The summed E-state index contributed by atoms with van der Waals surface area (Å²) in [5.41, 5.74) is 1.44. The van der Waals surface area contributed by atoms with Crippen molar-refractivity contribution >= 4 is 11.6 Å². The Hall–Kier alpha value is -2.93. The minimum absolute atomic E-state index is 0.0227. The molecule has 2 aromatic rings. The van der Waals surface area contributed by atoms with Crippen LogP contribution < -0.4 is 4.74 Å². The van der Waals surface area contributed by atoms with Crippen LogP contribution in [0.15, 0.2) is 48.5 Å². The van der Waals surface area contributed by atoms with Gasteiger partial charge in [-0.05, 0) is 69.2 Å². The average Bonchev–Trinajstić information content (AvgIpc) is 2.80. The number of nitro benzene ring substituents is 1. The van der Waals surface area contributed by atoms with Gasteiger partial charge in [0.1, 0.15) is 5.75 Å². The van der Waals surface area contributed by atoms with Crippen molar-refractivity contribution in [2.75, 3.05) is 26.7 Å². The first-order valence-electron chi connectivity index (χ1n) is 10.8. The molecule has 0 heterocycles. The molecule has 0 spiro atoms. The molecule has 1 amide bonds. The van der Waals surface area contributed by atoms with Gasteiger partial charge in [-0.2, -0.15) is 0 Å². The molecule has 31 heavy (non-hydrogen) atoms. The number of ether oxygens (including phenoxy) is 1. The fourth-order valence-electron chi connectivity index (χ4n) is 3.55. The third kappa shape index (κ3) is 7.07. The second-order valence-electron chi connectivity index (χ2n) is 7.60. The van der Waals surface area contributed by atoms with Crippen molar-refractivity contribution in [3.8, 4) is 5.75 Å². The normalized spacial score (nSPS) is 11.9. The van der Waals surface area contributed by atoms with Crippen molar-refractivity contribution < 1.29 is 14.5 Å². The molecule has 7 nitrogen and oxygen atoms in total. The zero-order valence-corrected chi connectivity index (χ0v) is 18.9. The molecule has 0 fully saturated rings. The summed E-state index contributed by atoms with van der Waals surface area (Å²) < 4.78 is 5.23. The first kappa shape index (κ1) is 24.3. The summed E-state index contributed by atoms with van der Waals surface area (Å²) >= 11 is 0. The molecule has 0 saturated heterocycles. The van der Waals surface area contributed by atoms with E-state index in [0.29, 0.717) is 12.1 Å². The minimum Gasteiger partial charge on any atom is -0.497 e. The lowest BCUT2D eigenvalue weighted by molar-refractivity contribution is -0.384. The lowest BCUT2D eigenvalue weighted by Crippen LogP contribution is -2.38. The second-order valence-corrected chi connectivity index (χ2v) is 7.60. The van der Waals surface area contributed by atoms with E-state index in [9.17, 15) is 14.9 Å². The molecule has 2 aromatic carbocycles. The number of nitrogens with zero attached hydrogens (tertiary/aromatic N) is 3. The summed E-state index contributed by atoms with van der Waals surface area (Å²) in [5.74, 6) is 0.644. The van der Waals surface area contributed by atoms with E-state index in [-0.39, 0.29) is 17.6 Å². The van der Waals surface area contributed by atoms with Gasteiger partial charge in [0.15, 0.2) is 0 Å². The molecule has 7 heteroatoms. The molecular formula is C24H33N3O4. The predicted octanol–water partition coefficient (Wildman–Crippen LogP) is 4.76. The molecule has 1 atom stereocenters. The largest absolute Gasteiger partial charge is 0.497 e. The molecule has 168 valence electrons. The molecule has 0 aliphatic heterocycles. The van der Waals surface area contributed by atoms with Gasteiger partial charge < -0.3 is 14.5 Å². The molecule has 0 N–H and O–H groups in total. The molecular weight excluding hydrogens is 394 g/mol. The monoisotopic (exact) mass is 427 g/mol. The third-order valence-electron chi connectivity index (χ3n) is 5.62. The Morgan fingerprint density at radius 1 is 1.06 bits per heavy atom. The summed E-state index contributed by atoms with van der Waals surface area (Å²) in [5, 5.41) is 10.9. The lowest BCUT2D eigenvalue weighted by Gasteiger charge is -2.30. The van der Waals surface area contributed by atoms with Crippen LogP contribution in [0.4, 0.5) is 5.69 Å². The fraction of sp³-hybridized carbons (Fsp3) is 0.458. The van der Waals surface area contributed by atoms with Crippen LogP contribution in [0.5, 0.6) is 5.75 Å². The van der Waals surface area contributed by atoms with Gasteiger partial charge in [-0.15, -0.1) is 0 Å². The molecule has 0 aliphatic rings. The van der Waals surface area contributed by atoms with Crippen molar-refractivity contribution in [3.05, 3.63) is 69.8 Å². The van der Waals surface area contributed by atoms with Crippen molar-refractivity contribution in [2.45, 2.75) is 46.2 Å². The molecule has 0 unspecified atom stereocenters. The second kappa shape index (κ2) is 12.1. The van der Waals surface area contributed by atoms with E-state index in [0.717, 1.165) is 43.8 Å². The first-order chi connectivity index (χ1) is 14.9. The van der Waals surface area contributed by atoms with Crippen LogP contribution in [-0.2, 0) is 6.54 Å². The highest BCUT2D eigenvalue weighted by Crippen LogP contribution is 2.20. The number of methoxy groups -OCH3 is 1. The van der Waals surface area contributed by atoms with E-state index in [4.69, 9.17) is 4.74 Å². The standard InChI is InChI=1S/C24H33N3O4/c1-5-25(6-2)17-7-8-19(3)26(18-20-9-15-23(31-4)16-10-20)24(28)21-11-13-22(14-12-21)27(29)30/h9-16,19H,5-8,17-18H2,1-4H3/t19-/m1/s1. The van der Waals surface area contributed by atoms with Crippen LogP contribution in [0.1, 0.15) is 49.5 Å². The van der Waals surface area contributed by atoms with E-state index >= 15 is 0 Å². The lowest BCUT2D eigenvalue weighted by atomic mass is 10.1. The highest BCUT2D eigenvalue weighted by molar-refractivity contribution is 5.94. The number of hydrogen-bond acceptors (Lipinski definition) is 5. The van der Waals surface area contributed by atoms with E-state index in [2.05, 4.69) is 25.7 Å². The zero-order chi connectivity index (χ0) is 22.8. The van der Waals surface area contributed by atoms with Gasteiger partial charge in [0.25, 0.3) is 11.6 Å². The van der Waals surface area contributed by atoms with Crippen LogP contribution in [0.2, 0.25) is 0 Å². The minimum atomic E-state index is -0.459. The molecule has 0 bridgehead atoms. The molecule has 0 saturated carbocycles. The smallest absolute Gasteiger partial charge is 0.269 e. The number of rotatable bonds is 12. The van der Waals surface area contributed by atoms with Crippen molar-refractivity contribution in [1.82, 2.24) is 9.80 Å². The Morgan fingerprint density at radius 2 is 1.68 bits per heavy atom. The van der Waals surface area contributed by atoms with Gasteiger partial charge in [0.05, 0.1) is 12.0 Å². The molecule has 0 aromatic heterocycles. The van der Waals surface area contributed by atoms with E-state index in [1.807, 2.05) is 29.2 Å².